The number of hydrogen-bond acceptors (Lipinski definition) is 4. The number of esters is 2. The maximum absolute atomic E-state index is 11.2. The summed E-state index contributed by atoms with van der Waals surface area (Å²) in [6.07, 6.45) is 2.95. The topological polar surface area (TPSA) is 56.5 Å². The zero-order valence-corrected chi connectivity index (χ0v) is 7.56. The fraction of sp³-hybridized carbons (Fsp3) is 0.400. The molecule has 4 nitrogen and oxygen atoms in total. The van der Waals surface area contributed by atoms with Crippen LogP contribution in [-0.2, 0) is 20.7 Å². The third-order valence-corrected chi connectivity index (χ3v) is 2.27. The lowest BCUT2D eigenvalue weighted by Gasteiger charge is -2.17. The van der Waals surface area contributed by atoms with Crippen LogP contribution in [0.3, 0.4) is 0 Å². The van der Waals surface area contributed by atoms with E-state index in [4.69, 9.17) is 4.42 Å². The highest BCUT2D eigenvalue weighted by Crippen LogP contribution is 2.20. The Morgan fingerprint density at radius 1 is 1.43 bits per heavy atom. The minimum atomic E-state index is -0.433. The van der Waals surface area contributed by atoms with Gasteiger partial charge in [-0.2, -0.15) is 0 Å². The van der Waals surface area contributed by atoms with Gasteiger partial charge in [0.2, 0.25) is 0 Å². The Morgan fingerprint density at radius 3 is 2.93 bits per heavy atom. The molecule has 1 aliphatic heterocycles. The lowest BCUT2D eigenvalue weighted by molar-refractivity contribution is -0.167. The molecule has 1 saturated heterocycles. The number of furan rings is 1. The second kappa shape index (κ2) is 3.65. The largest absolute Gasteiger partial charge is 0.469 e. The van der Waals surface area contributed by atoms with Crippen LogP contribution in [-0.4, -0.2) is 11.9 Å². The van der Waals surface area contributed by atoms with Gasteiger partial charge in [-0.15, -0.1) is 0 Å². The first-order valence-electron chi connectivity index (χ1n) is 4.52. The summed E-state index contributed by atoms with van der Waals surface area (Å²) in [7, 11) is 0. The second-order valence-corrected chi connectivity index (χ2v) is 3.31. The van der Waals surface area contributed by atoms with Crippen LogP contribution in [0.15, 0.2) is 22.8 Å². The highest BCUT2D eigenvalue weighted by atomic mass is 16.6. The van der Waals surface area contributed by atoms with Gasteiger partial charge < -0.3 is 9.15 Å². The van der Waals surface area contributed by atoms with E-state index in [1.807, 2.05) is 6.07 Å². The average molecular weight is 194 g/mol. The van der Waals surface area contributed by atoms with Crippen molar-refractivity contribution in [3.8, 4) is 0 Å². The number of carbonyl (C=O) groups excluding carboxylic acids is 2. The monoisotopic (exact) mass is 194 g/mol. The Morgan fingerprint density at radius 2 is 2.29 bits per heavy atom. The van der Waals surface area contributed by atoms with Crippen LogP contribution in [0.1, 0.15) is 18.6 Å². The maximum atomic E-state index is 11.2. The van der Waals surface area contributed by atoms with E-state index >= 15 is 0 Å². The van der Waals surface area contributed by atoms with Gasteiger partial charge in [-0.05, 0) is 18.6 Å². The SMILES string of the molecule is O=C1CCC(Cc2ccco2)C(=O)O1. The summed E-state index contributed by atoms with van der Waals surface area (Å²) in [5.41, 5.74) is 0. The smallest absolute Gasteiger partial charge is 0.317 e. The van der Waals surface area contributed by atoms with Crippen molar-refractivity contribution in [2.45, 2.75) is 19.3 Å². The Labute approximate surface area is 80.8 Å². The van der Waals surface area contributed by atoms with Crippen LogP contribution < -0.4 is 0 Å². The molecule has 1 aromatic rings. The molecular weight excluding hydrogens is 184 g/mol. The molecule has 0 amide bonds. The van der Waals surface area contributed by atoms with Gasteiger partial charge in [-0.1, -0.05) is 0 Å². The summed E-state index contributed by atoms with van der Waals surface area (Å²) in [6.45, 7) is 0. The van der Waals surface area contributed by atoms with E-state index in [1.54, 1.807) is 12.3 Å². The number of rotatable bonds is 2. The molecule has 0 bridgehead atoms. The fourth-order valence-electron chi connectivity index (χ4n) is 1.51. The normalized spacial score (nSPS) is 22.1. The zero-order chi connectivity index (χ0) is 9.97. The van der Waals surface area contributed by atoms with E-state index in [-0.39, 0.29) is 5.92 Å². The van der Waals surface area contributed by atoms with E-state index in [2.05, 4.69) is 4.74 Å². The minimum Gasteiger partial charge on any atom is -0.469 e. The van der Waals surface area contributed by atoms with Crippen LogP contribution in [0.4, 0.5) is 0 Å². The average Bonchev–Trinajstić information content (AvgIpc) is 2.62. The molecular formula is C10H10O4. The minimum absolute atomic E-state index is 0.237. The highest BCUT2D eigenvalue weighted by Gasteiger charge is 2.29. The summed E-state index contributed by atoms with van der Waals surface area (Å²) in [5, 5.41) is 0. The first-order valence-corrected chi connectivity index (χ1v) is 4.52. The molecule has 1 aromatic heterocycles. The van der Waals surface area contributed by atoms with Crippen molar-refractivity contribution in [3.63, 3.8) is 0 Å². The van der Waals surface area contributed by atoms with Crippen molar-refractivity contribution in [2.75, 3.05) is 0 Å². The summed E-state index contributed by atoms with van der Waals surface area (Å²) in [6, 6.07) is 3.58. The fourth-order valence-corrected chi connectivity index (χ4v) is 1.51. The molecule has 1 unspecified atom stereocenters. The molecule has 0 N–H and O–H groups in total. The molecule has 0 aromatic carbocycles. The summed E-state index contributed by atoms with van der Waals surface area (Å²) in [4.78, 5) is 22.0. The van der Waals surface area contributed by atoms with Crippen LogP contribution in [0.2, 0.25) is 0 Å². The molecule has 4 heteroatoms. The third-order valence-electron chi connectivity index (χ3n) is 2.27. The van der Waals surface area contributed by atoms with Gasteiger partial charge in [0, 0.05) is 12.8 Å². The quantitative estimate of drug-likeness (QED) is 0.526. The van der Waals surface area contributed by atoms with Crippen molar-refractivity contribution in [3.05, 3.63) is 24.2 Å². The number of ether oxygens (including phenoxy) is 1. The summed E-state index contributed by atoms with van der Waals surface area (Å²) in [5.74, 6) is -0.344. The molecule has 2 heterocycles. The van der Waals surface area contributed by atoms with Crippen molar-refractivity contribution in [2.24, 2.45) is 5.92 Å². The molecule has 74 valence electrons. The van der Waals surface area contributed by atoms with Crippen molar-refractivity contribution < 1.29 is 18.7 Å². The van der Waals surface area contributed by atoms with Gasteiger partial charge in [0.05, 0.1) is 12.2 Å². The van der Waals surface area contributed by atoms with Crippen LogP contribution in [0, 0.1) is 5.92 Å². The standard InChI is InChI=1S/C10H10O4/c11-9-4-3-7(10(12)14-9)6-8-2-1-5-13-8/h1-2,5,7H,3-4,6H2. The molecule has 1 aliphatic rings. The zero-order valence-electron chi connectivity index (χ0n) is 7.56. The Balaban J connectivity index is 1.99. The third kappa shape index (κ3) is 1.84. The molecule has 0 saturated carbocycles. The molecule has 0 spiro atoms. The molecule has 0 aliphatic carbocycles. The molecule has 1 atom stereocenters. The molecule has 2 rings (SSSR count). The van der Waals surface area contributed by atoms with Gasteiger partial charge >= 0.3 is 11.9 Å². The number of carbonyl (C=O) groups is 2. The van der Waals surface area contributed by atoms with E-state index in [9.17, 15) is 9.59 Å². The van der Waals surface area contributed by atoms with Gasteiger partial charge in [0.15, 0.2) is 0 Å². The van der Waals surface area contributed by atoms with Crippen molar-refractivity contribution in [1.82, 2.24) is 0 Å². The number of cyclic esters (lactones) is 2. The van der Waals surface area contributed by atoms with E-state index in [0.717, 1.165) is 5.76 Å². The Bertz CT molecular complexity index is 339. The number of hydrogen-bond donors (Lipinski definition) is 0. The predicted octanol–water partition coefficient (Wildman–Crippen LogP) is 1.30. The maximum Gasteiger partial charge on any atom is 0.317 e. The van der Waals surface area contributed by atoms with Gasteiger partial charge in [-0.3, -0.25) is 9.59 Å². The van der Waals surface area contributed by atoms with Gasteiger partial charge in [0.25, 0.3) is 0 Å². The van der Waals surface area contributed by atoms with Gasteiger partial charge in [-0.25, -0.2) is 0 Å². The second-order valence-electron chi connectivity index (χ2n) is 3.31. The van der Waals surface area contributed by atoms with E-state index in [0.29, 0.717) is 19.3 Å². The Kier molecular flexibility index (Phi) is 2.35. The summed E-state index contributed by atoms with van der Waals surface area (Å²) < 4.78 is 9.65. The first kappa shape index (κ1) is 8.99. The van der Waals surface area contributed by atoms with Crippen molar-refractivity contribution >= 4 is 11.9 Å². The first-order chi connectivity index (χ1) is 6.75. The van der Waals surface area contributed by atoms with E-state index in [1.165, 1.54) is 0 Å². The molecule has 0 radical (unpaired) electrons. The van der Waals surface area contributed by atoms with Crippen LogP contribution >= 0.6 is 0 Å². The van der Waals surface area contributed by atoms with Gasteiger partial charge in [0.1, 0.15) is 5.76 Å². The molecule has 14 heavy (non-hydrogen) atoms. The summed E-state index contributed by atoms with van der Waals surface area (Å²) >= 11 is 0. The predicted molar refractivity (Wildman–Crippen MR) is 46.2 cm³/mol. The molecule has 1 fully saturated rings. The van der Waals surface area contributed by atoms with Crippen LogP contribution in [0.25, 0.3) is 0 Å². The van der Waals surface area contributed by atoms with Crippen LogP contribution in [0.5, 0.6) is 0 Å². The highest BCUT2D eigenvalue weighted by molar-refractivity contribution is 5.89. The lowest BCUT2D eigenvalue weighted by atomic mass is 9.96. The Hall–Kier alpha value is -1.58. The van der Waals surface area contributed by atoms with E-state index < -0.39 is 11.9 Å². The lowest BCUT2D eigenvalue weighted by Crippen LogP contribution is -2.28. The van der Waals surface area contributed by atoms with Crippen molar-refractivity contribution in [1.29, 1.82) is 0 Å².